The zero-order valence-electron chi connectivity index (χ0n) is 11.5. The number of carbonyl (C=O) groups is 1. The van der Waals surface area contributed by atoms with Crippen LogP contribution in [-0.4, -0.2) is 28.8 Å². The van der Waals surface area contributed by atoms with Crippen LogP contribution in [0.1, 0.15) is 12.5 Å². The van der Waals surface area contributed by atoms with Crippen molar-refractivity contribution in [2.75, 3.05) is 23.3 Å². The Morgan fingerprint density at radius 3 is 3.05 bits per heavy atom. The molecule has 1 aromatic carbocycles. The minimum atomic E-state index is 0.120. The number of anilines is 2. The Balaban J connectivity index is 1.78. The molecule has 0 aliphatic carbocycles. The number of carbonyl (C=O) groups excluding carboxylic acids is 1. The molecule has 20 heavy (non-hydrogen) atoms. The summed E-state index contributed by atoms with van der Waals surface area (Å²) in [5.41, 5.74) is 2.95. The molecule has 1 amide bonds. The second kappa shape index (κ2) is 5.36. The molecule has 5 nitrogen and oxygen atoms in total. The van der Waals surface area contributed by atoms with Crippen molar-refractivity contribution in [1.82, 2.24) is 9.78 Å². The van der Waals surface area contributed by atoms with E-state index in [2.05, 4.69) is 10.4 Å². The number of amides is 1. The maximum absolute atomic E-state index is 12.5. The van der Waals surface area contributed by atoms with Gasteiger partial charge in [-0.2, -0.15) is 5.10 Å². The molecular formula is C15H18N4O. The zero-order chi connectivity index (χ0) is 13.9. The van der Waals surface area contributed by atoms with Crippen LogP contribution in [0.15, 0.2) is 36.7 Å². The molecule has 0 fully saturated rings. The summed E-state index contributed by atoms with van der Waals surface area (Å²) in [5, 5.41) is 7.52. The standard InChI is InChI=1S/C15H18N4O/c1-2-18-11-12(10-17-18)9-15(20)19-8-7-16-13-5-3-4-6-14(13)19/h3-6,10-11,16H,2,7-9H2,1H3. The predicted octanol–water partition coefficient (Wildman–Crippen LogP) is 1.90. The third kappa shape index (κ3) is 2.39. The van der Waals surface area contributed by atoms with E-state index in [1.54, 1.807) is 6.20 Å². The number of para-hydroxylation sites is 2. The van der Waals surface area contributed by atoms with Crippen LogP contribution in [0.5, 0.6) is 0 Å². The van der Waals surface area contributed by atoms with Crippen LogP contribution in [0, 0.1) is 0 Å². The lowest BCUT2D eigenvalue weighted by Crippen LogP contribution is -2.39. The van der Waals surface area contributed by atoms with Gasteiger partial charge in [-0.25, -0.2) is 0 Å². The van der Waals surface area contributed by atoms with E-state index in [9.17, 15) is 4.79 Å². The van der Waals surface area contributed by atoms with Crippen LogP contribution in [0.25, 0.3) is 0 Å². The van der Waals surface area contributed by atoms with Crippen molar-refractivity contribution in [3.05, 3.63) is 42.2 Å². The average Bonchev–Trinajstić information content (AvgIpc) is 2.94. The van der Waals surface area contributed by atoms with E-state index in [1.807, 2.05) is 47.0 Å². The topological polar surface area (TPSA) is 50.2 Å². The largest absolute Gasteiger partial charge is 0.382 e. The highest BCUT2D eigenvalue weighted by atomic mass is 16.2. The number of fused-ring (bicyclic) bond motifs is 1. The van der Waals surface area contributed by atoms with Gasteiger partial charge < -0.3 is 10.2 Å². The number of hydrogen-bond donors (Lipinski definition) is 1. The maximum atomic E-state index is 12.5. The fourth-order valence-electron chi connectivity index (χ4n) is 2.48. The number of nitrogens with one attached hydrogen (secondary N) is 1. The van der Waals surface area contributed by atoms with Crippen molar-refractivity contribution in [2.24, 2.45) is 0 Å². The summed E-state index contributed by atoms with van der Waals surface area (Å²) >= 11 is 0. The number of benzene rings is 1. The van der Waals surface area contributed by atoms with Crippen molar-refractivity contribution in [3.8, 4) is 0 Å². The van der Waals surface area contributed by atoms with Crippen molar-refractivity contribution in [3.63, 3.8) is 0 Å². The fraction of sp³-hybridized carbons (Fsp3) is 0.333. The van der Waals surface area contributed by atoms with Gasteiger partial charge in [0.2, 0.25) is 5.91 Å². The Labute approximate surface area is 118 Å². The normalized spacial score (nSPS) is 13.8. The number of aryl methyl sites for hydroxylation is 1. The van der Waals surface area contributed by atoms with Gasteiger partial charge in [-0.15, -0.1) is 0 Å². The van der Waals surface area contributed by atoms with E-state index in [-0.39, 0.29) is 5.91 Å². The van der Waals surface area contributed by atoms with Crippen molar-refractivity contribution < 1.29 is 4.79 Å². The summed E-state index contributed by atoms with van der Waals surface area (Å²) in [7, 11) is 0. The Morgan fingerprint density at radius 2 is 2.25 bits per heavy atom. The van der Waals surface area contributed by atoms with Gasteiger partial charge in [0.1, 0.15) is 0 Å². The molecule has 104 valence electrons. The van der Waals surface area contributed by atoms with Gasteiger partial charge in [-0.3, -0.25) is 9.48 Å². The van der Waals surface area contributed by atoms with Gasteiger partial charge in [0.05, 0.1) is 24.0 Å². The van der Waals surface area contributed by atoms with Crippen LogP contribution < -0.4 is 10.2 Å². The SMILES string of the molecule is CCn1cc(CC(=O)N2CCNc3ccccc32)cn1. The zero-order valence-corrected chi connectivity index (χ0v) is 11.5. The second-order valence-corrected chi connectivity index (χ2v) is 4.87. The van der Waals surface area contributed by atoms with E-state index >= 15 is 0 Å². The molecule has 2 heterocycles. The summed E-state index contributed by atoms with van der Waals surface area (Å²) in [5.74, 6) is 0.120. The minimum absolute atomic E-state index is 0.120. The van der Waals surface area contributed by atoms with Crippen LogP contribution >= 0.6 is 0 Å². The molecule has 1 N–H and O–H groups in total. The van der Waals surface area contributed by atoms with E-state index in [4.69, 9.17) is 0 Å². The molecule has 1 aliphatic heterocycles. The number of nitrogens with zero attached hydrogens (tertiary/aromatic N) is 3. The van der Waals surface area contributed by atoms with Crippen molar-refractivity contribution in [2.45, 2.75) is 19.9 Å². The highest BCUT2D eigenvalue weighted by Gasteiger charge is 2.22. The third-order valence-electron chi connectivity index (χ3n) is 3.51. The van der Waals surface area contributed by atoms with Gasteiger partial charge in [0.25, 0.3) is 0 Å². The van der Waals surface area contributed by atoms with Gasteiger partial charge in [0.15, 0.2) is 0 Å². The third-order valence-corrected chi connectivity index (χ3v) is 3.51. The highest BCUT2D eigenvalue weighted by Crippen LogP contribution is 2.28. The lowest BCUT2D eigenvalue weighted by atomic mass is 10.1. The first-order valence-corrected chi connectivity index (χ1v) is 6.92. The molecule has 0 unspecified atom stereocenters. The van der Waals surface area contributed by atoms with Crippen LogP contribution in [0.3, 0.4) is 0 Å². The molecule has 2 aromatic rings. The van der Waals surface area contributed by atoms with Crippen LogP contribution in [0.4, 0.5) is 11.4 Å². The van der Waals surface area contributed by atoms with Crippen molar-refractivity contribution in [1.29, 1.82) is 0 Å². The van der Waals surface area contributed by atoms with Crippen LogP contribution in [-0.2, 0) is 17.8 Å². The number of hydrogen-bond acceptors (Lipinski definition) is 3. The molecule has 0 spiro atoms. The predicted molar refractivity (Wildman–Crippen MR) is 78.9 cm³/mol. The Hall–Kier alpha value is -2.30. The Morgan fingerprint density at radius 1 is 1.40 bits per heavy atom. The highest BCUT2D eigenvalue weighted by molar-refractivity contribution is 5.98. The summed E-state index contributed by atoms with van der Waals surface area (Å²) in [4.78, 5) is 14.3. The van der Waals surface area contributed by atoms with E-state index in [1.165, 1.54) is 0 Å². The Kier molecular flexibility index (Phi) is 3.41. The lowest BCUT2D eigenvalue weighted by molar-refractivity contribution is -0.118. The van der Waals surface area contributed by atoms with Gasteiger partial charge in [0, 0.05) is 25.8 Å². The molecule has 3 rings (SSSR count). The Bertz CT molecular complexity index is 620. The first-order chi connectivity index (χ1) is 9.78. The minimum Gasteiger partial charge on any atom is -0.382 e. The summed E-state index contributed by atoms with van der Waals surface area (Å²) in [6.45, 7) is 4.35. The molecule has 0 saturated carbocycles. The van der Waals surface area contributed by atoms with E-state index in [0.717, 1.165) is 30.0 Å². The monoisotopic (exact) mass is 270 g/mol. The maximum Gasteiger partial charge on any atom is 0.231 e. The number of rotatable bonds is 3. The molecule has 0 saturated heterocycles. The van der Waals surface area contributed by atoms with E-state index in [0.29, 0.717) is 13.0 Å². The molecule has 0 bridgehead atoms. The van der Waals surface area contributed by atoms with E-state index < -0.39 is 0 Å². The molecule has 1 aliphatic rings. The first-order valence-electron chi connectivity index (χ1n) is 6.92. The fourth-order valence-corrected chi connectivity index (χ4v) is 2.48. The molecule has 5 heteroatoms. The summed E-state index contributed by atoms with van der Waals surface area (Å²) < 4.78 is 1.84. The van der Waals surface area contributed by atoms with Gasteiger partial charge >= 0.3 is 0 Å². The van der Waals surface area contributed by atoms with Gasteiger partial charge in [-0.05, 0) is 24.6 Å². The lowest BCUT2D eigenvalue weighted by Gasteiger charge is -2.30. The molecule has 0 radical (unpaired) electrons. The quantitative estimate of drug-likeness (QED) is 0.926. The first kappa shape index (κ1) is 12.7. The molecular weight excluding hydrogens is 252 g/mol. The molecule has 1 aromatic heterocycles. The summed E-state index contributed by atoms with van der Waals surface area (Å²) in [6, 6.07) is 7.92. The molecule has 0 atom stereocenters. The smallest absolute Gasteiger partial charge is 0.231 e. The van der Waals surface area contributed by atoms with Crippen LogP contribution in [0.2, 0.25) is 0 Å². The van der Waals surface area contributed by atoms with Gasteiger partial charge in [-0.1, -0.05) is 12.1 Å². The summed E-state index contributed by atoms with van der Waals surface area (Å²) in [6.07, 6.45) is 4.11. The second-order valence-electron chi connectivity index (χ2n) is 4.87. The average molecular weight is 270 g/mol. The number of aromatic nitrogens is 2. The van der Waals surface area contributed by atoms with Crippen molar-refractivity contribution >= 4 is 17.3 Å².